The summed E-state index contributed by atoms with van der Waals surface area (Å²) in [5.74, 6) is 0.624. The van der Waals surface area contributed by atoms with Gasteiger partial charge in [0, 0.05) is 17.7 Å². The van der Waals surface area contributed by atoms with Gasteiger partial charge >= 0.3 is 0 Å². The summed E-state index contributed by atoms with van der Waals surface area (Å²) in [5.41, 5.74) is 7.09. The van der Waals surface area contributed by atoms with Gasteiger partial charge in [-0.15, -0.1) is 0 Å². The molecule has 0 aromatic heterocycles. The Balaban J connectivity index is 2.26. The Kier molecular flexibility index (Phi) is 3.62. The van der Waals surface area contributed by atoms with Gasteiger partial charge in [0.05, 0.1) is 7.11 Å². The molecule has 0 heterocycles. The van der Waals surface area contributed by atoms with Crippen molar-refractivity contribution in [2.24, 2.45) is 17.1 Å². The van der Waals surface area contributed by atoms with Gasteiger partial charge in [-0.1, -0.05) is 26.3 Å². The van der Waals surface area contributed by atoms with Crippen molar-refractivity contribution < 1.29 is 9.13 Å². The highest BCUT2D eigenvalue weighted by Gasteiger charge is 2.39. The summed E-state index contributed by atoms with van der Waals surface area (Å²) in [6.45, 7) is 4.46. The molecule has 0 saturated heterocycles. The molecule has 0 bridgehead atoms. The molecule has 0 amide bonds. The summed E-state index contributed by atoms with van der Waals surface area (Å²) in [4.78, 5) is 0. The van der Waals surface area contributed by atoms with Gasteiger partial charge < -0.3 is 10.5 Å². The summed E-state index contributed by atoms with van der Waals surface area (Å²) >= 11 is 0. The van der Waals surface area contributed by atoms with Gasteiger partial charge in [0.25, 0.3) is 0 Å². The van der Waals surface area contributed by atoms with E-state index in [0.29, 0.717) is 17.2 Å². The third-order valence-electron chi connectivity index (χ3n) is 4.34. The van der Waals surface area contributed by atoms with Crippen LogP contribution in [0.5, 0.6) is 5.75 Å². The van der Waals surface area contributed by atoms with Crippen LogP contribution in [0.25, 0.3) is 0 Å². The lowest BCUT2D eigenvalue weighted by molar-refractivity contribution is 0.219. The molecule has 2 rings (SSSR count). The Morgan fingerprint density at radius 2 is 2.17 bits per heavy atom. The average Bonchev–Trinajstić information content (AvgIpc) is 2.68. The maximum absolute atomic E-state index is 14.0. The lowest BCUT2D eigenvalue weighted by Gasteiger charge is -2.32. The molecular weight excluding hydrogens is 229 g/mol. The lowest BCUT2D eigenvalue weighted by Crippen LogP contribution is -2.30. The molecule has 1 aromatic carbocycles. The van der Waals surface area contributed by atoms with Crippen molar-refractivity contribution in [2.75, 3.05) is 7.11 Å². The molecule has 0 spiro atoms. The van der Waals surface area contributed by atoms with E-state index in [9.17, 15) is 4.39 Å². The van der Waals surface area contributed by atoms with E-state index in [2.05, 4.69) is 13.8 Å². The number of rotatable bonds is 3. The topological polar surface area (TPSA) is 35.2 Å². The summed E-state index contributed by atoms with van der Waals surface area (Å²) in [6.07, 6.45) is 3.44. The summed E-state index contributed by atoms with van der Waals surface area (Å²) in [6, 6.07) is 4.72. The second kappa shape index (κ2) is 4.88. The van der Waals surface area contributed by atoms with E-state index in [1.807, 2.05) is 0 Å². The van der Waals surface area contributed by atoms with Gasteiger partial charge in [0.2, 0.25) is 0 Å². The van der Waals surface area contributed by atoms with Crippen molar-refractivity contribution >= 4 is 0 Å². The maximum Gasteiger partial charge on any atom is 0.131 e. The van der Waals surface area contributed by atoms with Crippen molar-refractivity contribution in [3.8, 4) is 5.75 Å². The zero-order chi connectivity index (χ0) is 13.3. The molecule has 1 aliphatic carbocycles. The number of hydrogen-bond acceptors (Lipinski definition) is 2. The Bertz CT molecular complexity index is 431. The first kappa shape index (κ1) is 13.3. The zero-order valence-corrected chi connectivity index (χ0v) is 11.4. The van der Waals surface area contributed by atoms with E-state index in [1.54, 1.807) is 12.1 Å². The molecule has 0 aliphatic heterocycles. The van der Waals surface area contributed by atoms with Gasteiger partial charge in [-0.2, -0.15) is 0 Å². The molecule has 2 nitrogen and oxygen atoms in total. The lowest BCUT2D eigenvalue weighted by atomic mass is 9.76. The average molecular weight is 251 g/mol. The van der Waals surface area contributed by atoms with Crippen LogP contribution in [0.3, 0.4) is 0 Å². The first-order valence-electron chi connectivity index (χ1n) is 6.55. The van der Waals surface area contributed by atoms with E-state index >= 15 is 0 Å². The third kappa shape index (κ3) is 2.37. The van der Waals surface area contributed by atoms with Crippen molar-refractivity contribution in [3.05, 3.63) is 29.6 Å². The van der Waals surface area contributed by atoms with Crippen molar-refractivity contribution in [1.29, 1.82) is 0 Å². The van der Waals surface area contributed by atoms with Crippen LogP contribution in [0.1, 0.15) is 44.7 Å². The number of hydrogen-bond donors (Lipinski definition) is 1. The predicted molar refractivity (Wildman–Crippen MR) is 71.0 cm³/mol. The first-order chi connectivity index (χ1) is 8.45. The molecular formula is C15H22FNO. The SMILES string of the molecule is COc1ccc(C(N)C2CCCC2(C)C)c(F)c1. The molecule has 0 radical (unpaired) electrons. The molecule has 100 valence electrons. The largest absolute Gasteiger partial charge is 0.497 e. The number of halogens is 1. The fourth-order valence-corrected chi connectivity index (χ4v) is 3.14. The Hall–Kier alpha value is -1.09. The van der Waals surface area contributed by atoms with Crippen LogP contribution < -0.4 is 10.5 Å². The van der Waals surface area contributed by atoms with Gasteiger partial charge in [-0.05, 0) is 30.2 Å². The number of benzene rings is 1. The fourth-order valence-electron chi connectivity index (χ4n) is 3.14. The number of ether oxygens (including phenoxy) is 1. The number of methoxy groups -OCH3 is 1. The van der Waals surface area contributed by atoms with Crippen LogP contribution in [0.4, 0.5) is 4.39 Å². The number of nitrogens with two attached hydrogens (primary N) is 1. The monoisotopic (exact) mass is 251 g/mol. The van der Waals surface area contributed by atoms with Crippen LogP contribution in [0.2, 0.25) is 0 Å². The fraction of sp³-hybridized carbons (Fsp3) is 0.600. The summed E-state index contributed by atoms with van der Waals surface area (Å²) in [7, 11) is 1.54. The minimum Gasteiger partial charge on any atom is -0.497 e. The zero-order valence-electron chi connectivity index (χ0n) is 11.4. The molecule has 2 atom stereocenters. The first-order valence-corrected chi connectivity index (χ1v) is 6.55. The summed E-state index contributed by atoms with van der Waals surface area (Å²) in [5, 5.41) is 0. The Morgan fingerprint density at radius 3 is 2.67 bits per heavy atom. The Labute approximate surface area is 108 Å². The van der Waals surface area contributed by atoms with E-state index < -0.39 is 0 Å². The highest BCUT2D eigenvalue weighted by Crippen LogP contribution is 2.48. The molecule has 2 N–H and O–H groups in total. The van der Waals surface area contributed by atoms with Gasteiger partial charge in [-0.25, -0.2) is 4.39 Å². The van der Waals surface area contributed by atoms with Crippen molar-refractivity contribution in [2.45, 2.75) is 39.2 Å². The minimum absolute atomic E-state index is 0.200. The van der Waals surface area contributed by atoms with E-state index in [1.165, 1.54) is 26.0 Å². The molecule has 1 saturated carbocycles. The van der Waals surface area contributed by atoms with Gasteiger partial charge in [0.15, 0.2) is 0 Å². The predicted octanol–water partition coefficient (Wildman–Crippen LogP) is 3.66. The van der Waals surface area contributed by atoms with Crippen LogP contribution >= 0.6 is 0 Å². The molecule has 1 aliphatic rings. The minimum atomic E-state index is -0.260. The highest BCUT2D eigenvalue weighted by molar-refractivity contribution is 5.31. The molecule has 3 heteroatoms. The summed E-state index contributed by atoms with van der Waals surface area (Å²) < 4.78 is 19.0. The van der Waals surface area contributed by atoms with E-state index in [0.717, 1.165) is 6.42 Å². The van der Waals surface area contributed by atoms with Gasteiger partial charge in [0.1, 0.15) is 11.6 Å². The normalized spacial score (nSPS) is 23.9. The highest BCUT2D eigenvalue weighted by atomic mass is 19.1. The van der Waals surface area contributed by atoms with E-state index in [4.69, 9.17) is 10.5 Å². The van der Waals surface area contributed by atoms with Crippen LogP contribution in [0.15, 0.2) is 18.2 Å². The third-order valence-corrected chi connectivity index (χ3v) is 4.34. The quantitative estimate of drug-likeness (QED) is 0.889. The molecule has 18 heavy (non-hydrogen) atoms. The van der Waals surface area contributed by atoms with Crippen LogP contribution in [-0.4, -0.2) is 7.11 Å². The van der Waals surface area contributed by atoms with E-state index in [-0.39, 0.29) is 17.3 Å². The molecule has 1 aromatic rings. The second-order valence-corrected chi connectivity index (χ2v) is 5.90. The van der Waals surface area contributed by atoms with Crippen molar-refractivity contribution in [1.82, 2.24) is 0 Å². The molecule has 1 fully saturated rings. The van der Waals surface area contributed by atoms with Crippen molar-refractivity contribution in [3.63, 3.8) is 0 Å². The molecule has 2 unspecified atom stereocenters. The maximum atomic E-state index is 14.0. The standard InChI is InChI=1S/C15H22FNO/c1-15(2)8-4-5-12(15)14(17)11-7-6-10(18-3)9-13(11)16/h6-7,9,12,14H,4-5,8,17H2,1-3H3. The second-order valence-electron chi connectivity index (χ2n) is 5.90. The van der Waals surface area contributed by atoms with Gasteiger partial charge in [-0.3, -0.25) is 0 Å². The Morgan fingerprint density at radius 1 is 1.44 bits per heavy atom. The van der Waals surface area contributed by atoms with Crippen LogP contribution in [0, 0.1) is 17.2 Å². The smallest absolute Gasteiger partial charge is 0.131 e. The van der Waals surface area contributed by atoms with Crippen LogP contribution in [-0.2, 0) is 0 Å².